The number of carbonyl (C=O) groups excluding carboxylic acids is 2. The van der Waals surface area contributed by atoms with Crippen molar-refractivity contribution < 1.29 is 47.3 Å². The van der Waals surface area contributed by atoms with Gasteiger partial charge in [-0.15, -0.1) is 0 Å². The molecule has 4 aromatic rings. The van der Waals surface area contributed by atoms with Gasteiger partial charge in [-0.1, -0.05) is 72.8 Å². The number of amides is 1. The second-order valence-electron chi connectivity index (χ2n) is 10.1. The van der Waals surface area contributed by atoms with Gasteiger partial charge in [-0.2, -0.15) is 13.2 Å². The van der Waals surface area contributed by atoms with Crippen molar-refractivity contribution in [3.8, 4) is 11.1 Å². The first-order valence-electron chi connectivity index (χ1n) is 13.7. The SMILES string of the molecule is CCN(C(=O)c1ccccc1-c1ccc(C(F)(F)F)cc1)c1ccc(CC(=O)OCC(C(=O)O)(C(=O)O)c2ccccc2)cc1. The molecule has 0 saturated carbocycles. The Hall–Kier alpha value is -5.45. The fourth-order valence-electron chi connectivity index (χ4n) is 4.82. The summed E-state index contributed by atoms with van der Waals surface area (Å²) in [6.45, 7) is 1.09. The van der Waals surface area contributed by atoms with Crippen LogP contribution in [0.3, 0.4) is 0 Å². The Morgan fingerprint density at radius 2 is 1.31 bits per heavy atom. The summed E-state index contributed by atoms with van der Waals surface area (Å²) in [5, 5.41) is 19.5. The van der Waals surface area contributed by atoms with Crippen LogP contribution in [0.2, 0.25) is 0 Å². The molecule has 0 heterocycles. The summed E-state index contributed by atoms with van der Waals surface area (Å²) in [6.07, 6.45) is -4.78. The van der Waals surface area contributed by atoms with Crippen LogP contribution in [0.5, 0.6) is 0 Å². The van der Waals surface area contributed by atoms with Crippen molar-refractivity contribution >= 4 is 29.5 Å². The summed E-state index contributed by atoms with van der Waals surface area (Å²) in [5.74, 6) is -4.59. The van der Waals surface area contributed by atoms with Gasteiger partial charge >= 0.3 is 24.1 Å². The Morgan fingerprint density at radius 1 is 0.733 bits per heavy atom. The average molecular weight is 620 g/mol. The van der Waals surface area contributed by atoms with Gasteiger partial charge in [-0.3, -0.25) is 19.2 Å². The van der Waals surface area contributed by atoms with E-state index in [1.165, 1.54) is 41.3 Å². The molecule has 8 nitrogen and oxygen atoms in total. The number of carboxylic acids is 2. The lowest BCUT2D eigenvalue weighted by atomic mass is 9.81. The maximum absolute atomic E-state index is 13.6. The van der Waals surface area contributed by atoms with Crippen molar-refractivity contribution in [2.75, 3.05) is 18.1 Å². The Bertz CT molecular complexity index is 1670. The van der Waals surface area contributed by atoms with Crippen LogP contribution in [0.25, 0.3) is 11.1 Å². The number of carbonyl (C=O) groups is 4. The normalized spacial score (nSPS) is 11.5. The van der Waals surface area contributed by atoms with Crippen molar-refractivity contribution in [2.45, 2.75) is 24.9 Å². The molecule has 2 N–H and O–H groups in total. The van der Waals surface area contributed by atoms with E-state index >= 15 is 0 Å². The molecule has 0 aliphatic heterocycles. The van der Waals surface area contributed by atoms with E-state index in [1.54, 1.807) is 61.5 Å². The predicted molar refractivity (Wildman–Crippen MR) is 159 cm³/mol. The van der Waals surface area contributed by atoms with E-state index in [-0.39, 0.29) is 30.0 Å². The van der Waals surface area contributed by atoms with Crippen LogP contribution >= 0.6 is 0 Å². The second-order valence-corrected chi connectivity index (χ2v) is 10.1. The first-order valence-corrected chi connectivity index (χ1v) is 13.7. The quantitative estimate of drug-likeness (QED) is 0.151. The minimum Gasteiger partial charge on any atom is -0.480 e. The van der Waals surface area contributed by atoms with E-state index < -0.39 is 41.7 Å². The molecule has 0 atom stereocenters. The molecule has 0 radical (unpaired) electrons. The van der Waals surface area contributed by atoms with Crippen LogP contribution in [0.4, 0.5) is 18.9 Å². The number of benzene rings is 4. The average Bonchev–Trinajstić information content (AvgIpc) is 3.02. The van der Waals surface area contributed by atoms with Crippen molar-refractivity contribution in [2.24, 2.45) is 0 Å². The van der Waals surface area contributed by atoms with Crippen LogP contribution in [0.1, 0.15) is 34.0 Å². The van der Waals surface area contributed by atoms with E-state index in [2.05, 4.69) is 0 Å². The maximum atomic E-state index is 13.6. The van der Waals surface area contributed by atoms with Crippen LogP contribution in [-0.4, -0.2) is 47.2 Å². The molecule has 0 bridgehead atoms. The van der Waals surface area contributed by atoms with Crippen LogP contribution in [-0.2, 0) is 37.1 Å². The molecule has 4 aromatic carbocycles. The van der Waals surface area contributed by atoms with Gasteiger partial charge in [-0.05, 0) is 59.5 Å². The standard InChI is InChI=1S/C34H28F3NO7/c1-2-38(30(40)28-11-7-6-10-27(28)23-14-16-25(17-15-23)34(35,36)37)26-18-12-22(13-19-26)20-29(39)45-21-33(31(41)42,32(43)44)24-8-4-3-5-9-24/h3-19H,2,20-21H2,1H3,(H,41,42)(H,43,44). The number of nitrogens with zero attached hydrogens (tertiary/aromatic N) is 1. The summed E-state index contributed by atoms with van der Waals surface area (Å²) >= 11 is 0. The van der Waals surface area contributed by atoms with Gasteiger partial charge in [0.05, 0.1) is 12.0 Å². The summed E-state index contributed by atoms with van der Waals surface area (Å²) in [7, 11) is 0. The zero-order valence-corrected chi connectivity index (χ0v) is 24.0. The van der Waals surface area contributed by atoms with Gasteiger partial charge < -0.3 is 19.8 Å². The number of ether oxygens (including phenoxy) is 1. The molecule has 0 saturated heterocycles. The number of carboxylic acid groups (broad SMARTS) is 2. The van der Waals surface area contributed by atoms with E-state index in [0.717, 1.165) is 12.1 Å². The fraction of sp³-hybridized carbons (Fsp3) is 0.176. The van der Waals surface area contributed by atoms with E-state index in [4.69, 9.17) is 4.74 Å². The van der Waals surface area contributed by atoms with Crippen molar-refractivity contribution in [3.63, 3.8) is 0 Å². The third kappa shape index (κ3) is 7.04. The van der Waals surface area contributed by atoms with Gasteiger partial charge in [0.25, 0.3) is 5.91 Å². The highest BCUT2D eigenvalue weighted by molar-refractivity contribution is 6.10. The molecular weight excluding hydrogens is 591 g/mol. The molecule has 1 amide bonds. The van der Waals surface area contributed by atoms with Crippen molar-refractivity contribution in [1.29, 1.82) is 0 Å². The van der Waals surface area contributed by atoms with Crippen LogP contribution in [0, 0.1) is 0 Å². The summed E-state index contributed by atoms with van der Waals surface area (Å²) in [6, 6.07) is 24.7. The third-order valence-electron chi connectivity index (χ3n) is 7.28. The smallest absolute Gasteiger partial charge is 0.416 e. The lowest BCUT2D eigenvalue weighted by Gasteiger charge is -2.25. The van der Waals surface area contributed by atoms with E-state index in [9.17, 15) is 42.6 Å². The van der Waals surface area contributed by atoms with Crippen LogP contribution in [0.15, 0.2) is 103 Å². The Morgan fingerprint density at radius 3 is 1.87 bits per heavy atom. The predicted octanol–water partition coefficient (Wildman–Crippen LogP) is 6.23. The first kappa shape index (κ1) is 32.5. The Kier molecular flexibility index (Phi) is 9.71. The molecular formula is C34H28F3NO7. The Labute approximate surface area is 256 Å². The Balaban J connectivity index is 1.49. The molecule has 0 unspecified atom stereocenters. The first-order chi connectivity index (χ1) is 21.4. The number of halogens is 3. The molecule has 4 rings (SSSR count). The van der Waals surface area contributed by atoms with E-state index in [0.29, 0.717) is 22.4 Å². The number of esters is 1. The topological polar surface area (TPSA) is 121 Å². The number of rotatable bonds is 11. The summed E-state index contributed by atoms with van der Waals surface area (Å²) in [5.41, 5.74) is -1.19. The molecule has 232 valence electrons. The number of alkyl halides is 3. The zero-order chi connectivity index (χ0) is 32.8. The van der Waals surface area contributed by atoms with Gasteiger partial charge in [0, 0.05) is 17.8 Å². The largest absolute Gasteiger partial charge is 0.480 e. The third-order valence-corrected chi connectivity index (χ3v) is 7.28. The highest BCUT2D eigenvalue weighted by Crippen LogP contribution is 2.33. The van der Waals surface area contributed by atoms with Crippen molar-refractivity contribution in [1.82, 2.24) is 0 Å². The maximum Gasteiger partial charge on any atom is 0.416 e. The summed E-state index contributed by atoms with van der Waals surface area (Å²) in [4.78, 5) is 51.8. The van der Waals surface area contributed by atoms with Gasteiger partial charge in [0.1, 0.15) is 6.61 Å². The molecule has 11 heteroatoms. The number of anilines is 1. The molecule has 0 fully saturated rings. The molecule has 0 spiro atoms. The lowest BCUT2D eigenvalue weighted by Crippen LogP contribution is -2.48. The number of aliphatic carboxylic acids is 2. The fourth-order valence-corrected chi connectivity index (χ4v) is 4.82. The highest BCUT2D eigenvalue weighted by atomic mass is 19.4. The minimum atomic E-state index is -4.49. The molecule has 45 heavy (non-hydrogen) atoms. The molecule has 0 aliphatic carbocycles. The molecule has 0 aliphatic rings. The summed E-state index contributed by atoms with van der Waals surface area (Å²) < 4.78 is 44.3. The van der Waals surface area contributed by atoms with Gasteiger partial charge in [0.2, 0.25) is 5.41 Å². The number of hydrogen-bond donors (Lipinski definition) is 2. The minimum absolute atomic E-state index is 0.0497. The molecule has 0 aromatic heterocycles. The monoisotopic (exact) mass is 619 g/mol. The van der Waals surface area contributed by atoms with Crippen molar-refractivity contribution in [3.05, 3.63) is 125 Å². The van der Waals surface area contributed by atoms with Gasteiger partial charge in [0.15, 0.2) is 0 Å². The van der Waals surface area contributed by atoms with Crippen LogP contribution < -0.4 is 4.90 Å². The highest BCUT2D eigenvalue weighted by Gasteiger charge is 2.50. The van der Waals surface area contributed by atoms with Gasteiger partial charge in [-0.25, -0.2) is 0 Å². The lowest BCUT2D eigenvalue weighted by molar-refractivity contribution is -0.164. The second kappa shape index (κ2) is 13.5. The van der Waals surface area contributed by atoms with E-state index in [1.807, 2.05) is 0 Å². The number of hydrogen-bond acceptors (Lipinski definition) is 5. The zero-order valence-electron chi connectivity index (χ0n) is 24.0.